The minimum absolute atomic E-state index is 0.0531. The van der Waals surface area contributed by atoms with Gasteiger partial charge in [-0.05, 0) is 77.3 Å². The number of hydrogen-bond donors (Lipinski definition) is 3. The zero-order chi connectivity index (χ0) is 31.5. The fourth-order valence-electron chi connectivity index (χ4n) is 5.05. The molecule has 0 bridgehead atoms. The first-order valence-corrected chi connectivity index (χ1v) is 15.2. The van der Waals surface area contributed by atoms with Crippen LogP contribution in [-0.4, -0.2) is 90.4 Å². The Bertz CT molecular complexity index is 1210. The molecule has 43 heavy (non-hydrogen) atoms. The van der Waals surface area contributed by atoms with Crippen LogP contribution in [0.1, 0.15) is 74.6 Å². The van der Waals surface area contributed by atoms with E-state index in [9.17, 15) is 19.5 Å². The molecule has 1 heterocycles. The molecule has 3 N–H and O–H groups in total. The van der Waals surface area contributed by atoms with Crippen molar-refractivity contribution in [3.8, 4) is 5.75 Å². The topological polar surface area (TPSA) is 120 Å². The average molecular weight is 597 g/mol. The largest absolute Gasteiger partial charge is 0.490 e. The molecule has 1 aliphatic heterocycles. The number of aliphatic hydroxyl groups excluding tert-OH is 1. The summed E-state index contributed by atoms with van der Waals surface area (Å²) in [6.07, 6.45) is 1.95. The molecular weight excluding hydrogens is 548 g/mol. The van der Waals surface area contributed by atoms with Gasteiger partial charge in [-0.3, -0.25) is 9.59 Å². The molecule has 3 rings (SSSR count). The maximum absolute atomic E-state index is 14.2. The van der Waals surface area contributed by atoms with E-state index in [0.717, 1.165) is 19.3 Å². The number of fused-ring (bicyclic) bond motifs is 1. The number of aliphatic hydroxyl groups is 1. The molecule has 0 saturated heterocycles. The molecule has 2 aromatic carbocycles. The van der Waals surface area contributed by atoms with Gasteiger partial charge in [0.15, 0.2) is 0 Å². The molecule has 236 valence electrons. The number of hydrogen-bond acceptors (Lipinski definition) is 6. The Hall–Kier alpha value is -3.63. The third kappa shape index (κ3) is 9.96. The lowest BCUT2D eigenvalue weighted by atomic mass is 10.0. The second kappa shape index (κ2) is 16.3. The Morgan fingerprint density at radius 3 is 2.49 bits per heavy atom. The van der Waals surface area contributed by atoms with Crippen molar-refractivity contribution < 1.29 is 29.0 Å². The highest BCUT2D eigenvalue weighted by Crippen LogP contribution is 2.28. The summed E-state index contributed by atoms with van der Waals surface area (Å²) in [5, 5.41) is 15.7. The summed E-state index contributed by atoms with van der Waals surface area (Å²) in [5.74, 6) is -0.177. The van der Waals surface area contributed by atoms with Crippen LogP contribution < -0.4 is 15.4 Å². The minimum atomic E-state index is -0.502. The zero-order valence-corrected chi connectivity index (χ0v) is 26.3. The van der Waals surface area contributed by atoms with Gasteiger partial charge < -0.3 is 35.0 Å². The number of rotatable bonds is 7. The van der Waals surface area contributed by atoms with Crippen molar-refractivity contribution in [2.24, 2.45) is 5.92 Å². The lowest BCUT2D eigenvalue weighted by Gasteiger charge is -2.36. The van der Waals surface area contributed by atoms with Gasteiger partial charge in [0.05, 0.1) is 30.4 Å². The van der Waals surface area contributed by atoms with E-state index in [1.54, 1.807) is 54.1 Å². The predicted octanol–water partition coefficient (Wildman–Crippen LogP) is 4.78. The van der Waals surface area contributed by atoms with Crippen LogP contribution in [0.25, 0.3) is 0 Å². The molecular formula is C33H48N4O6. The highest BCUT2D eigenvalue weighted by atomic mass is 16.5. The Morgan fingerprint density at radius 2 is 1.81 bits per heavy atom. The van der Waals surface area contributed by atoms with Crippen molar-refractivity contribution >= 4 is 23.5 Å². The summed E-state index contributed by atoms with van der Waals surface area (Å²) in [5.41, 5.74) is 1.35. The summed E-state index contributed by atoms with van der Waals surface area (Å²) in [6.45, 7) is 10.4. The van der Waals surface area contributed by atoms with Crippen LogP contribution in [0.3, 0.4) is 0 Å². The molecule has 2 aromatic rings. The fourth-order valence-corrected chi connectivity index (χ4v) is 5.05. The third-order valence-corrected chi connectivity index (χ3v) is 7.55. The number of carbonyl (C=O) groups is 3. The predicted molar refractivity (Wildman–Crippen MR) is 168 cm³/mol. The van der Waals surface area contributed by atoms with E-state index in [1.807, 2.05) is 45.9 Å². The molecule has 0 saturated carbocycles. The van der Waals surface area contributed by atoms with E-state index in [2.05, 4.69) is 10.6 Å². The minimum Gasteiger partial charge on any atom is -0.490 e. The van der Waals surface area contributed by atoms with Crippen molar-refractivity contribution in [3.05, 3.63) is 59.7 Å². The number of benzene rings is 2. The Balaban J connectivity index is 1.93. The van der Waals surface area contributed by atoms with E-state index < -0.39 is 6.04 Å². The van der Waals surface area contributed by atoms with E-state index in [-0.39, 0.29) is 55.2 Å². The normalized spacial score (nSPS) is 20.8. The van der Waals surface area contributed by atoms with Crippen molar-refractivity contribution in [1.82, 2.24) is 15.1 Å². The van der Waals surface area contributed by atoms with Crippen LogP contribution >= 0.6 is 0 Å². The van der Waals surface area contributed by atoms with Crippen LogP contribution in [0.5, 0.6) is 5.75 Å². The Kier molecular flexibility index (Phi) is 12.8. The van der Waals surface area contributed by atoms with Gasteiger partial charge in [0.2, 0.25) is 0 Å². The molecule has 10 heteroatoms. The molecule has 0 aliphatic carbocycles. The number of urea groups is 1. The van der Waals surface area contributed by atoms with Crippen LogP contribution in [0.2, 0.25) is 0 Å². The number of likely N-dealkylation sites (N-methyl/N-ethyl adjacent to an activating group) is 1. The van der Waals surface area contributed by atoms with Gasteiger partial charge in [0.25, 0.3) is 11.8 Å². The second-order valence-corrected chi connectivity index (χ2v) is 11.8. The number of anilines is 1. The fraction of sp³-hybridized carbons (Fsp3) is 0.545. The van der Waals surface area contributed by atoms with E-state index in [0.29, 0.717) is 35.7 Å². The van der Waals surface area contributed by atoms with Gasteiger partial charge in [0, 0.05) is 50.0 Å². The number of carbonyl (C=O) groups excluding carboxylic acids is 3. The Labute approximate surface area is 255 Å². The molecule has 0 radical (unpaired) electrons. The Morgan fingerprint density at radius 1 is 1.09 bits per heavy atom. The quantitative estimate of drug-likeness (QED) is 0.423. The van der Waals surface area contributed by atoms with Gasteiger partial charge in [0.1, 0.15) is 5.75 Å². The van der Waals surface area contributed by atoms with E-state index >= 15 is 0 Å². The lowest BCUT2D eigenvalue weighted by Crippen LogP contribution is -2.48. The third-order valence-electron chi connectivity index (χ3n) is 7.55. The van der Waals surface area contributed by atoms with Gasteiger partial charge in [-0.25, -0.2) is 4.79 Å². The monoisotopic (exact) mass is 596 g/mol. The van der Waals surface area contributed by atoms with Gasteiger partial charge in [-0.15, -0.1) is 0 Å². The van der Waals surface area contributed by atoms with Crippen molar-refractivity contribution in [1.29, 1.82) is 0 Å². The molecule has 4 atom stereocenters. The number of nitrogens with zero attached hydrogens (tertiary/aromatic N) is 2. The first kappa shape index (κ1) is 33.9. The lowest BCUT2D eigenvalue weighted by molar-refractivity contribution is -0.0149. The number of ether oxygens (including phenoxy) is 2. The first-order chi connectivity index (χ1) is 20.5. The number of amides is 4. The van der Waals surface area contributed by atoms with Crippen LogP contribution in [0.15, 0.2) is 48.5 Å². The highest BCUT2D eigenvalue weighted by Gasteiger charge is 2.31. The van der Waals surface area contributed by atoms with Crippen LogP contribution in [0, 0.1) is 5.92 Å². The van der Waals surface area contributed by atoms with Gasteiger partial charge >= 0.3 is 6.03 Å². The summed E-state index contributed by atoms with van der Waals surface area (Å²) in [4.78, 5) is 43.0. The first-order valence-electron chi connectivity index (χ1n) is 15.2. The zero-order valence-electron chi connectivity index (χ0n) is 26.3. The molecule has 0 aromatic heterocycles. The SMILES string of the molecule is CC(C)NC(=O)Nc1ccc2c(c1)C(=O)N([C@H](C)CO)C[C@H](C)[C@H](CN(C)C(=O)c1ccccc1)OCCCC[C@H](C)O2. The summed E-state index contributed by atoms with van der Waals surface area (Å²) < 4.78 is 12.6. The maximum atomic E-state index is 14.2. The van der Waals surface area contributed by atoms with Crippen molar-refractivity contribution in [3.63, 3.8) is 0 Å². The molecule has 1 aliphatic rings. The smallest absolute Gasteiger partial charge is 0.319 e. The standard InChI is InChI=1S/C33H48N4O6/c1-22(2)34-33(41)35-27-15-16-29-28(18-27)32(40)37(24(4)21-38)19-23(3)30(42-17-11-10-12-25(5)43-29)20-36(6)31(39)26-13-8-7-9-14-26/h7-9,13-16,18,22-25,30,38H,10-12,17,19-21H2,1-6H3,(H2,34,35,41)/t23-,24+,25-,30-/m0/s1. The second-order valence-electron chi connectivity index (χ2n) is 11.8. The summed E-state index contributed by atoms with van der Waals surface area (Å²) in [7, 11) is 1.76. The van der Waals surface area contributed by atoms with Crippen LogP contribution in [0.4, 0.5) is 10.5 Å². The summed E-state index contributed by atoms with van der Waals surface area (Å²) in [6, 6.07) is 13.2. The maximum Gasteiger partial charge on any atom is 0.319 e. The van der Waals surface area contributed by atoms with Gasteiger partial charge in [-0.2, -0.15) is 0 Å². The molecule has 4 amide bonds. The van der Waals surface area contributed by atoms with E-state index in [1.165, 1.54) is 0 Å². The molecule has 0 spiro atoms. The molecule has 0 unspecified atom stereocenters. The highest BCUT2D eigenvalue weighted by molar-refractivity contribution is 5.99. The molecule has 10 nitrogen and oxygen atoms in total. The van der Waals surface area contributed by atoms with Crippen molar-refractivity contribution in [2.75, 3.05) is 38.7 Å². The number of nitrogens with one attached hydrogen (secondary N) is 2. The van der Waals surface area contributed by atoms with Crippen LogP contribution in [-0.2, 0) is 4.74 Å². The average Bonchev–Trinajstić information content (AvgIpc) is 2.98. The van der Waals surface area contributed by atoms with Gasteiger partial charge in [-0.1, -0.05) is 25.1 Å². The molecule has 0 fully saturated rings. The van der Waals surface area contributed by atoms with Crippen molar-refractivity contribution in [2.45, 2.75) is 78.2 Å². The van der Waals surface area contributed by atoms with E-state index in [4.69, 9.17) is 9.47 Å². The summed E-state index contributed by atoms with van der Waals surface area (Å²) >= 11 is 0.